The van der Waals surface area contributed by atoms with Gasteiger partial charge >= 0.3 is 15.6 Å². The van der Waals surface area contributed by atoms with E-state index in [2.05, 4.69) is 0 Å². The molecular weight excluding hydrogens is 478 g/mol. The van der Waals surface area contributed by atoms with Gasteiger partial charge in [-0.2, -0.15) is 0 Å². The van der Waals surface area contributed by atoms with Crippen LogP contribution in [0.3, 0.4) is 0 Å². The zero-order valence-electron chi connectivity index (χ0n) is 20.4. The summed E-state index contributed by atoms with van der Waals surface area (Å²) in [7, 11) is -10.3. The van der Waals surface area contributed by atoms with Gasteiger partial charge in [0.1, 0.15) is 0 Å². The van der Waals surface area contributed by atoms with Crippen LogP contribution in [-0.2, 0) is 31.5 Å². The highest BCUT2D eigenvalue weighted by Gasteiger charge is 2.48. The van der Waals surface area contributed by atoms with Crippen LogP contribution in [0.4, 0.5) is 0 Å². The van der Waals surface area contributed by atoms with Crippen LogP contribution in [-0.4, -0.2) is 20.4 Å². The number of aliphatic hydroxyl groups excluding tert-OH is 4. The molecule has 0 fully saturated rings. The third-order valence-corrected chi connectivity index (χ3v) is 7.76. The first kappa shape index (κ1) is 30.8. The normalized spacial score (nSPS) is 15.5. The maximum absolute atomic E-state index is 13.3. The van der Waals surface area contributed by atoms with E-state index in [1.165, 1.54) is 27.7 Å². The fourth-order valence-electron chi connectivity index (χ4n) is 1.57. The second-order valence-corrected chi connectivity index (χ2v) is 10.3. The van der Waals surface area contributed by atoms with Crippen molar-refractivity contribution in [1.82, 2.24) is 0 Å². The lowest BCUT2D eigenvalue weighted by atomic mass is 10.3. The summed E-state index contributed by atoms with van der Waals surface area (Å²) in [6.07, 6.45) is 1.13. The summed E-state index contributed by atoms with van der Waals surface area (Å²) in [5.41, 5.74) is 0.903. The number of hydrogen-bond donors (Lipinski definition) is 4. The first-order valence-electron chi connectivity index (χ1n) is 10.4. The van der Waals surface area contributed by atoms with E-state index >= 15 is 0 Å². The number of allylic oxidation sites excluding steroid dienone is 4. The van der Waals surface area contributed by atoms with Crippen molar-refractivity contribution in [3.8, 4) is 0 Å². The smallest absolute Gasteiger partial charge is 0.481 e. The molecule has 0 aromatic rings. The van der Waals surface area contributed by atoms with Crippen LogP contribution in [0.25, 0.3) is 0 Å². The molecule has 0 bridgehead atoms. The third-order valence-electron chi connectivity index (χ3n) is 4.57. The number of phosphoric ester groups is 2. The van der Waals surface area contributed by atoms with E-state index in [0.29, 0.717) is 0 Å². The Hall–Kier alpha value is -2.22. The molecule has 0 aromatic carbocycles. The van der Waals surface area contributed by atoms with Gasteiger partial charge in [-0.1, -0.05) is 27.7 Å². The van der Waals surface area contributed by atoms with Gasteiger partial charge in [0.25, 0.3) is 23.8 Å². The lowest BCUT2D eigenvalue weighted by molar-refractivity contribution is 0.0755. The van der Waals surface area contributed by atoms with Gasteiger partial charge in [0.2, 0.25) is 0 Å². The van der Waals surface area contributed by atoms with E-state index in [0.717, 1.165) is 0 Å². The van der Waals surface area contributed by atoms with E-state index in [1.807, 2.05) is 0 Å². The Morgan fingerprint density at radius 1 is 0.515 bits per heavy atom. The zero-order valence-corrected chi connectivity index (χ0v) is 22.2. The Morgan fingerprint density at radius 2 is 0.697 bits per heavy atom. The third kappa shape index (κ3) is 10.1. The van der Waals surface area contributed by atoms with Gasteiger partial charge in [0.05, 0.1) is 0 Å². The fraction of sp³-hybridized carbons (Fsp3) is 0.600. The lowest BCUT2D eigenvalue weighted by Gasteiger charge is -2.23. The Kier molecular flexibility index (Phi) is 12.6. The Bertz CT molecular complexity index is 764. The van der Waals surface area contributed by atoms with E-state index in [9.17, 15) is 29.6 Å². The molecule has 0 aromatic heterocycles. The van der Waals surface area contributed by atoms with Gasteiger partial charge < -0.3 is 38.5 Å². The molecule has 13 heteroatoms. The predicted molar refractivity (Wildman–Crippen MR) is 123 cm³/mol. The monoisotopic (exact) mass is 514 g/mol. The van der Waals surface area contributed by atoms with Crippen LogP contribution >= 0.6 is 15.6 Å². The average Bonchev–Trinajstić information content (AvgIpc) is 2.75. The quantitative estimate of drug-likeness (QED) is 0.131. The standard InChI is InChI=1S/C20H36O11P2/c1-9-13(5)17(21)27-32(25,28-18(22)14(6)10-2)31-33(26,29-19(23)15(7)11-3)30-20(24)16(8)12-4/h21-24H,9-12H2,1-8H3/b17-13+,18-14+,19-15+,20-16+. The highest BCUT2D eigenvalue weighted by Crippen LogP contribution is 2.68. The van der Waals surface area contributed by atoms with Gasteiger partial charge in [0.15, 0.2) is 0 Å². The summed E-state index contributed by atoms with van der Waals surface area (Å²) in [5, 5.41) is 40.5. The summed E-state index contributed by atoms with van der Waals surface area (Å²) in [6, 6.07) is 0. The molecule has 0 heterocycles. The van der Waals surface area contributed by atoms with Crippen molar-refractivity contribution in [2.45, 2.75) is 81.1 Å². The van der Waals surface area contributed by atoms with Gasteiger partial charge in [0, 0.05) is 22.3 Å². The van der Waals surface area contributed by atoms with Gasteiger partial charge in [-0.25, -0.2) is 9.13 Å². The van der Waals surface area contributed by atoms with E-state index in [-0.39, 0.29) is 48.0 Å². The molecule has 0 unspecified atom stereocenters. The van der Waals surface area contributed by atoms with Crippen LogP contribution < -0.4 is 0 Å². The Balaban J connectivity index is 6.61. The summed E-state index contributed by atoms with van der Waals surface area (Å²) in [5.74, 6) is -3.49. The van der Waals surface area contributed by atoms with Crippen molar-refractivity contribution in [1.29, 1.82) is 0 Å². The first-order valence-corrected chi connectivity index (χ1v) is 13.3. The zero-order chi connectivity index (χ0) is 26.0. The molecule has 33 heavy (non-hydrogen) atoms. The molecule has 0 radical (unpaired) electrons. The summed E-state index contributed by atoms with van der Waals surface area (Å²) in [4.78, 5) is 0. The molecule has 0 rings (SSSR count). The molecule has 0 atom stereocenters. The van der Waals surface area contributed by atoms with Gasteiger partial charge in [-0.05, 0) is 53.4 Å². The predicted octanol–water partition coefficient (Wildman–Crippen LogP) is 8.08. The lowest BCUT2D eigenvalue weighted by Crippen LogP contribution is -2.07. The number of rotatable bonds is 14. The number of phosphoric acid groups is 2. The molecule has 0 aliphatic heterocycles. The molecule has 0 aliphatic rings. The van der Waals surface area contributed by atoms with Crippen LogP contribution in [0.15, 0.2) is 46.1 Å². The molecule has 4 N–H and O–H groups in total. The van der Waals surface area contributed by atoms with Crippen molar-refractivity contribution in [2.75, 3.05) is 0 Å². The second kappa shape index (κ2) is 13.5. The van der Waals surface area contributed by atoms with Crippen molar-refractivity contribution in [3.05, 3.63) is 46.1 Å². The molecule has 0 saturated carbocycles. The molecule has 0 spiro atoms. The van der Waals surface area contributed by atoms with Crippen molar-refractivity contribution < 1.29 is 52.0 Å². The molecular formula is C20H36O11P2. The van der Waals surface area contributed by atoms with Crippen LogP contribution in [0.5, 0.6) is 0 Å². The molecule has 0 aliphatic carbocycles. The SMILES string of the molecule is CC/C(C)=C(\O)OP(=O)(O/C(O)=C(\C)CC)OP(=O)(O/C(O)=C(\C)CC)O/C(O)=C(\C)CC. The fourth-order valence-corrected chi connectivity index (χ4v) is 4.62. The van der Waals surface area contributed by atoms with Crippen LogP contribution in [0, 0.1) is 0 Å². The highest BCUT2D eigenvalue weighted by molar-refractivity contribution is 7.62. The number of aliphatic hydroxyl groups is 4. The van der Waals surface area contributed by atoms with Crippen molar-refractivity contribution in [3.63, 3.8) is 0 Å². The molecule has 192 valence electrons. The minimum Gasteiger partial charge on any atom is -0.481 e. The largest absolute Gasteiger partial charge is 0.602 e. The van der Waals surface area contributed by atoms with Gasteiger partial charge in [-0.15, -0.1) is 4.31 Å². The number of hydrogen-bond acceptors (Lipinski definition) is 11. The molecule has 0 amide bonds. The van der Waals surface area contributed by atoms with Gasteiger partial charge in [-0.3, -0.25) is 0 Å². The highest BCUT2D eigenvalue weighted by atomic mass is 31.3. The maximum Gasteiger partial charge on any atom is 0.602 e. The maximum atomic E-state index is 13.3. The van der Waals surface area contributed by atoms with E-state index in [4.69, 9.17) is 22.4 Å². The summed E-state index contributed by atoms with van der Waals surface area (Å²) < 4.78 is 51.3. The van der Waals surface area contributed by atoms with E-state index < -0.39 is 39.4 Å². The summed E-state index contributed by atoms with van der Waals surface area (Å²) in [6.45, 7) is 12.5. The Morgan fingerprint density at radius 3 is 0.848 bits per heavy atom. The topological polar surface area (TPSA) is 161 Å². The van der Waals surface area contributed by atoms with Crippen LogP contribution in [0.1, 0.15) is 81.1 Å². The summed E-state index contributed by atoms with van der Waals surface area (Å²) >= 11 is 0. The second-order valence-electron chi connectivity index (χ2n) is 7.10. The minimum atomic E-state index is -5.17. The molecule has 11 nitrogen and oxygen atoms in total. The average molecular weight is 514 g/mol. The van der Waals surface area contributed by atoms with Crippen molar-refractivity contribution >= 4 is 15.6 Å². The van der Waals surface area contributed by atoms with E-state index in [1.54, 1.807) is 27.7 Å². The van der Waals surface area contributed by atoms with Crippen molar-refractivity contribution in [2.24, 2.45) is 0 Å². The molecule has 0 saturated heterocycles. The first-order chi connectivity index (χ1) is 15.2. The van der Waals surface area contributed by atoms with Crippen LogP contribution in [0.2, 0.25) is 0 Å². The Labute approximate surface area is 195 Å². The minimum absolute atomic E-state index is 0.226.